The molecule has 1 amide bonds. The van der Waals surface area contributed by atoms with E-state index >= 15 is 0 Å². The number of carbonyl (C=O) groups is 1. The quantitative estimate of drug-likeness (QED) is 0.489. The minimum atomic E-state index is -0.101. The Kier molecular flexibility index (Phi) is 6.03. The van der Waals surface area contributed by atoms with Gasteiger partial charge in [0.1, 0.15) is 0 Å². The van der Waals surface area contributed by atoms with Crippen molar-refractivity contribution in [3.8, 4) is 0 Å². The molecule has 0 aliphatic carbocycles. The standard InChI is InChI=1S/C30H35N3O/c1-5-20-19-33-17-15-22(20)18-27(33)28(25-14-16-31-26-9-7-6-8-24(25)26)32-29(34)21-10-12-23(13-11-21)30(2,3)4/h5-14,16,20,22,27-28H,1,15,17-19H2,2-4H3,(H,32,34)/t20-,22-,27+,28+/m0/s1. The second-order valence-electron chi connectivity index (χ2n) is 10.9. The number of amides is 1. The van der Waals surface area contributed by atoms with Crippen molar-refractivity contribution < 1.29 is 4.79 Å². The normalized spacial score (nSPS) is 25.1. The number of rotatable bonds is 5. The van der Waals surface area contributed by atoms with E-state index in [0.717, 1.165) is 36.0 Å². The molecule has 6 rings (SSSR count). The first-order valence-electron chi connectivity index (χ1n) is 12.5. The highest BCUT2D eigenvalue weighted by Gasteiger charge is 2.43. The van der Waals surface area contributed by atoms with Crippen molar-refractivity contribution in [3.63, 3.8) is 0 Å². The van der Waals surface area contributed by atoms with Crippen molar-refractivity contribution in [1.29, 1.82) is 0 Å². The monoisotopic (exact) mass is 453 g/mol. The van der Waals surface area contributed by atoms with Crippen molar-refractivity contribution in [3.05, 3.63) is 90.1 Å². The van der Waals surface area contributed by atoms with Crippen molar-refractivity contribution >= 4 is 16.8 Å². The second-order valence-corrected chi connectivity index (χ2v) is 10.9. The molecule has 3 saturated heterocycles. The molecule has 2 aromatic carbocycles. The van der Waals surface area contributed by atoms with Crippen molar-refractivity contribution in [2.75, 3.05) is 13.1 Å². The summed E-state index contributed by atoms with van der Waals surface area (Å²) in [6, 6.07) is 18.6. The first-order valence-corrected chi connectivity index (χ1v) is 12.5. The number of fused-ring (bicyclic) bond motifs is 4. The lowest BCUT2D eigenvalue weighted by Gasteiger charge is -2.51. The summed E-state index contributed by atoms with van der Waals surface area (Å²) in [7, 11) is 0. The molecule has 1 N–H and O–H groups in total. The van der Waals surface area contributed by atoms with Crippen molar-refractivity contribution in [1.82, 2.24) is 15.2 Å². The molecule has 0 spiro atoms. The number of aromatic nitrogens is 1. The number of pyridine rings is 1. The molecule has 3 aliphatic heterocycles. The van der Waals surface area contributed by atoms with E-state index in [1.807, 2.05) is 30.5 Å². The van der Waals surface area contributed by atoms with Crippen LogP contribution in [0.5, 0.6) is 0 Å². The summed E-state index contributed by atoms with van der Waals surface area (Å²) in [6.07, 6.45) is 6.28. The van der Waals surface area contributed by atoms with Gasteiger partial charge in [0.15, 0.2) is 0 Å². The molecule has 3 aliphatic rings. The van der Waals surface area contributed by atoms with E-state index in [9.17, 15) is 4.79 Å². The summed E-state index contributed by atoms with van der Waals surface area (Å²) in [5.74, 6) is 1.15. The van der Waals surface area contributed by atoms with E-state index in [4.69, 9.17) is 0 Å². The van der Waals surface area contributed by atoms with Gasteiger partial charge in [-0.15, -0.1) is 6.58 Å². The molecule has 5 atom stereocenters. The summed E-state index contributed by atoms with van der Waals surface area (Å²) in [4.78, 5) is 20.7. The first kappa shape index (κ1) is 22.8. The van der Waals surface area contributed by atoms with Crippen LogP contribution < -0.4 is 5.32 Å². The van der Waals surface area contributed by atoms with E-state index in [0.29, 0.717) is 17.4 Å². The average Bonchev–Trinajstić information content (AvgIpc) is 2.86. The fourth-order valence-corrected chi connectivity index (χ4v) is 5.84. The molecule has 4 heterocycles. The van der Waals surface area contributed by atoms with Gasteiger partial charge in [0.25, 0.3) is 5.91 Å². The van der Waals surface area contributed by atoms with Gasteiger partial charge in [-0.25, -0.2) is 0 Å². The first-order chi connectivity index (χ1) is 16.3. The third kappa shape index (κ3) is 4.27. The second kappa shape index (κ2) is 8.99. The van der Waals surface area contributed by atoms with Gasteiger partial charge >= 0.3 is 0 Å². The van der Waals surface area contributed by atoms with Gasteiger partial charge in [-0.1, -0.05) is 57.2 Å². The van der Waals surface area contributed by atoms with Crippen LogP contribution in [0.2, 0.25) is 0 Å². The van der Waals surface area contributed by atoms with Crippen LogP contribution in [0.4, 0.5) is 0 Å². The number of hydrogen-bond donors (Lipinski definition) is 1. The van der Waals surface area contributed by atoms with Crippen LogP contribution in [-0.4, -0.2) is 34.9 Å². The SMILES string of the molecule is C=C[C@H]1CN2CC[C@H]1C[C@@H]2[C@H](NC(=O)c1ccc(C(C)(C)C)cc1)c1ccnc2ccccc12. The van der Waals surface area contributed by atoms with Gasteiger partial charge in [-0.3, -0.25) is 14.7 Å². The number of nitrogens with one attached hydrogen (secondary N) is 1. The summed E-state index contributed by atoms with van der Waals surface area (Å²) >= 11 is 0. The molecule has 1 unspecified atom stereocenters. The Morgan fingerprint density at radius 1 is 1.15 bits per heavy atom. The topological polar surface area (TPSA) is 45.2 Å². The Labute approximate surface area is 203 Å². The predicted octanol–water partition coefficient (Wildman–Crippen LogP) is 5.90. The van der Waals surface area contributed by atoms with Gasteiger partial charge in [-0.05, 0) is 72.0 Å². The fourth-order valence-electron chi connectivity index (χ4n) is 5.84. The lowest BCUT2D eigenvalue weighted by atomic mass is 9.73. The van der Waals surface area contributed by atoms with Crippen LogP contribution in [0.15, 0.2) is 73.4 Å². The minimum absolute atomic E-state index is 0.0192. The van der Waals surface area contributed by atoms with Crippen LogP contribution >= 0.6 is 0 Å². The van der Waals surface area contributed by atoms with Crippen molar-refractivity contribution in [2.24, 2.45) is 11.8 Å². The van der Waals surface area contributed by atoms with Crippen molar-refractivity contribution in [2.45, 2.75) is 51.1 Å². The third-order valence-corrected chi connectivity index (χ3v) is 7.86. The Balaban J connectivity index is 1.50. The lowest BCUT2D eigenvalue weighted by Crippen LogP contribution is -2.57. The number of piperidine rings is 3. The Hall–Kier alpha value is -2.98. The molecule has 0 saturated carbocycles. The zero-order valence-corrected chi connectivity index (χ0v) is 20.5. The van der Waals surface area contributed by atoms with Gasteiger partial charge in [0.2, 0.25) is 0 Å². The highest BCUT2D eigenvalue weighted by Crippen LogP contribution is 2.42. The minimum Gasteiger partial charge on any atom is -0.344 e. The van der Waals surface area contributed by atoms with E-state index in [2.05, 4.69) is 79.0 Å². The molecular formula is C30H35N3O. The van der Waals surface area contributed by atoms with E-state index in [1.54, 1.807) is 0 Å². The highest BCUT2D eigenvalue weighted by molar-refractivity contribution is 5.95. The molecule has 1 aromatic heterocycles. The van der Waals surface area contributed by atoms with E-state index < -0.39 is 0 Å². The number of nitrogens with zero attached hydrogens (tertiary/aromatic N) is 2. The molecule has 0 radical (unpaired) electrons. The zero-order chi connectivity index (χ0) is 23.9. The summed E-state index contributed by atoms with van der Waals surface area (Å²) in [6.45, 7) is 12.8. The predicted molar refractivity (Wildman–Crippen MR) is 139 cm³/mol. The number of hydrogen-bond acceptors (Lipinski definition) is 3. The summed E-state index contributed by atoms with van der Waals surface area (Å²) < 4.78 is 0. The van der Waals surface area contributed by atoms with E-state index in [1.165, 1.54) is 12.0 Å². The van der Waals surface area contributed by atoms with Gasteiger partial charge in [-0.2, -0.15) is 0 Å². The number of benzene rings is 2. The lowest BCUT2D eigenvalue weighted by molar-refractivity contribution is 0.00171. The maximum Gasteiger partial charge on any atom is 0.251 e. The van der Waals surface area contributed by atoms with Crippen LogP contribution in [0, 0.1) is 11.8 Å². The van der Waals surface area contributed by atoms with Crippen LogP contribution in [0.3, 0.4) is 0 Å². The van der Waals surface area contributed by atoms with Crippen LogP contribution in [0.25, 0.3) is 10.9 Å². The van der Waals surface area contributed by atoms with Crippen LogP contribution in [0.1, 0.15) is 61.1 Å². The smallest absolute Gasteiger partial charge is 0.251 e. The summed E-state index contributed by atoms with van der Waals surface area (Å²) in [5, 5.41) is 4.57. The largest absolute Gasteiger partial charge is 0.344 e. The van der Waals surface area contributed by atoms with Crippen LogP contribution in [-0.2, 0) is 5.41 Å². The Bertz CT molecular complexity index is 1190. The number of carbonyl (C=O) groups excluding carboxylic acids is 1. The van der Waals surface area contributed by atoms with E-state index in [-0.39, 0.29) is 23.4 Å². The molecule has 3 fully saturated rings. The highest BCUT2D eigenvalue weighted by atomic mass is 16.1. The molecule has 3 aromatic rings. The molecule has 4 nitrogen and oxygen atoms in total. The Morgan fingerprint density at radius 2 is 1.91 bits per heavy atom. The molecule has 4 heteroatoms. The Morgan fingerprint density at radius 3 is 2.59 bits per heavy atom. The molecule has 34 heavy (non-hydrogen) atoms. The maximum atomic E-state index is 13.5. The maximum absolute atomic E-state index is 13.5. The fraction of sp³-hybridized carbons (Fsp3) is 0.400. The molecule has 176 valence electrons. The number of para-hydroxylation sites is 1. The third-order valence-electron chi connectivity index (χ3n) is 7.86. The molecular weight excluding hydrogens is 418 g/mol. The van der Waals surface area contributed by atoms with Gasteiger partial charge in [0, 0.05) is 29.7 Å². The average molecular weight is 454 g/mol. The van der Waals surface area contributed by atoms with Gasteiger partial charge < -0.3 is 5.32 Å². The van der Waals surface area contributed by atoms with Gasteiger partial charge in [0.05, 0.1) is 11.6 Å². The molecule has 2 bridgehead atoms. The summed E-state index contributed by atoms with van der Waals surface area (Å²) in [5.41, 5.74) is 4.11. The zero-order valence-electron chi connectivity index (χ0n) is 20.5.